The highest BCUT2D eigenvalue weighted by molar-refractivity contribution is 5.98. The summed E-state index contributed by atoms with van der Waals surface area (Å²) in [4.78, 5) is 151. The molecule has 1 heterocycles. The molecule has 0 saturated carbocycles. The number of nitrogens with one attached hydrogen (secondary N) is 9. The maximum absolute atomic E-state index is 14.2. The van der Waals surface area contributed by atoms with Crippen LogP contribution in [-0.4, -0.2) is 181 Å². The number of aromatic amines is 1. The Morgan fingerprint density at radius 3 is 1.42 bits per heavy atom. The van der Waals surface area contributed by atoms with E-state index in [-0.39, 0.29) is 57.5 Å². The van der Waals surface area contributed by atoms with Crippen LogP contribution in [0.25, 0.3) is 0 Å². The Kier molecular flexibility index (Phi) is 29.7. The van der Waals surface area contributed by atoms with Crippen LogP contribution in [0.2, 0.25) is 0 Å². The fraction of sp³-hybridized carbons (Fsp3) is 0.583. The number of aliphatic hydroxyl groups excluding tert-OH is 2. The number of aliphatic carboxylic acids is 3. The number of carboxylic acids is 3. The van der Waals surface area contributed by atoms with Gasteiger partial charge < -0.3 is 90.3 Å². The summed E-state index contributed by atoms with van der Waals surface area (Å²) >= 11 is 0. The van der Waals surface area contributed by atoms with Gasteiger partial charge in [-0.15, -0.1) is 0 Å². The number of hydrogen-bond donors (Lipinski definition) is 17. The monoisotopic (exact) mass is 1090 g/mol. The normalized spacial score (nSPS) is 14.9. The lowest BCUT2D eigenvalue weighted by Gasteiger charge is -2.27. The number of carbonyl (C=O) groups excluding carboxylic acids is 8. The lowest BCUT2D eigenvalue weighted by Crippen LogP contribution is -2.61. The molecule has 0 bridgehead atoms. The number of rotatable bonds is 38. The fourth-order valence-corrected chi connectivity index (χ4v) is 7.39. The first-order valence-corrected chi connectivity index (χ1v) is 25.1. The second kappa shape index (κ2) is 34.9. The van der Waals surface area contributed by atoms with E-state index in [1.807, 2.05) is 0 Å². The van der Waals surface area contributed by atoms with Gasteiger partial charge in [0.25, 0.3) is 0 Å². The van der Waals surface area contributed by atoms with Crippen LogP contribution in [0.3, 0.4) is 0 Å². The number of nitrogens with two attached hydrogens (primary N) is 3. The number of H-pyrrole nitrogens is 1. The number of carbonyl (C=O) groups is 11. The van der Waals surface area contributed by atoms with Gasteiger partial charge in [0, 0.05) is 31.2 Å². The van der Waals surface area contributed by atoms with Gasteiger partial charge in [0.05, 0.1) is 32.0 Å². The number of unbranched alkanes of at least 4 members (excludes halogenated alkanes) is 2. The summed E-state index contributed by atoms with van der Waals surface area (Å²) in [6, 6.07) is -5.99. The van der Waals surface area contributed by atoms with Crippen LogP contribution in [0.5, 0.6) is 0 Å². The van der Waals surface area contributed by atoms with Crippen LogP contribution in [0.1, 0.15) is 89.3 Å². The van der Waals surface area contributed by atoms with Gasteiger partial charge in [-0.1, -0.05) is 50.6 Å². The van der Waals surface area contributed by atoms with E-state index in [9.17, 15) is 78.3 Å². The number of benzene rings is 1. The van der Waals surface area contributed by atoms with Crippen molar-refractivity contribution in [3.05, 3.63) is 54.1 Å². The van der Waals surface area contributed by atoms with Gasteiger partial charge in [0.1, 0.15) is 48.3 Å². The zero-order valence-corrected chi connectivity index (χ0v) is 43.0. The van der Waals surface area contributed by atoms with Crippen molar-refractivity contribution in [1.29, 1.82) is 0 Å². The van der Waals surface area contributed by atoms with E-state index in [4.69, 9.17) is 17.2 Å². The van der Waals surface area contributed by atoms with E-state index in [1.54, 1.807) is 44.2 Å². The van der Waals surface area contributed by atoms with Crippen LogP contribution in [0.4, 0.5) is 0 Å². The predicted molar refractivity (Wildman–Crippen MR) is 272 cm³/mol. The molecule has 1 aromatic heterocycles. The molecule has 0 radical (unpaired) electrons. The van der Waals surface area contributed by atoms with E-state index >= 15 is 0 Å². The van der Waals surface area contributed by atoms with Crippen molar-refractivity contribution in [2.24, 2.45) is 23.1 Å². The van der Waals surface area contributed by atoms with Crippen molar-refractivity contribution < 1.29 is 78.3 Å². The van der Waals surface area contributed by atoms with Gasteiger partial charge in [-0.25, -0.2) is 9.78 Å². The molecule has 0 aliphatic rings. The zero-order valence-electron chi connectivity index (χ0n) is 43.0. The molecule has 0 saturated heterocycles. The molecule has 2 aromatic rings. The smallest absolute Gasteiger partial charge is 0.326 e. The van der Waals surface area contributed by atoms with Crippen molar-refractivity contribution >= 4 is 65.2 Å². The van der Waals surface area contributed by atoms with Crippen molar-refractivity contribution in [3.8, 4) is 0 Å². The lowest BCUT2D eigenvalue weighted by molar-refractivity contribution is -0.144. The van der Waals surface area contributed by atoms with E-state index in [0.717, 1.165) is 0 Å². The third kappa shape index (κ3) is 23.9. The Labute approximate surface area is 443 Å². The minimum atomic E-state index is -1.89. The Balaban J connectivity index is 2.38. The van der Waals surface area contributed by atoms with E-state index < -0.39 is 152 Å². The van der Waals surface area contributed by atoms with Crippen molar-refractivity contribution in [3.63, 3.8) is 0 Å². The highest BCUT2D eigenvalue weighted by atomic mass is 16.4. The lowest BCUT2D eigenvalue weighted by atomic mass is 9.98. The van der Waals surface area contributed by atoms with Crippen LogP contribution < -0.4 is 59.7 Å². The number of hydrogen-bond acceptors (Lipinski definition) is 17. The molecular weight excluding hydrogens is 1010 g/mol. The van der Waals surface area contributed by atoms with Gasteiger partial charge in [-0.3, -0.25) is 47.9 Å². The minimum absolute atomic E-state index is 0.0956. The molecule has 0 fully saturated rings. The summed E-state index contributed by atoms with van der Waals surface area (Å²) in [5.74, 6) is -13.0. The Morgan fingerprint density at radius 2 is 0.974 bits per heavy atom. The predicted octanol–water partition coefficient (Wildman–Crippen LogP) is -4.89. The molecule has 10 atom stereocenters. The second-order valence-corrected chi connectivity index (χ2v) is 18.2. The Morgan fingerprint density at radius 1 is 0.545 bits per heavy atom. The summed E-state index contributed by atoms with van der Waals surface area (Å²) in [6.45, 7) is 1.69. The first kappa shape index (κ1) is 65.5. The van der Waals surface area contributed by atoms with Crippen LogP contribution in [0, 0.1) is 5.92 Å². The molecule has 0 unspecified atom stereocenters. The number of nitrogens with zero attached hydrogens (tertiary/aromatic N) is 1. The number of imidazole rings is 1. The fourth-order valence-electron chi connectivity index (χ4n) is 7.39. The SMILES string of the molecule is CC[C@H](C)[C@H](N)C(=O)N[C@@H](CCC(=O)O)C(=O)N[C@@H](CO)C(=O)N[C@@H](CCCCN)C(=O)N[C@@H](Cc1cnc[nH]1)C(=O)N[C@@H](CCCCN)C(=O)N[C@@H](CO)C(=O)N[C@@H](CC(=O)O)C(=O)N[C@@H](Cc1ccccc1)C(=O)O. The minimum Gasteiger partial charge on any atom is -0.481 e. The van der Waals surface area contributed by atoms with Crippen LogP contribution in [-0.2, 0) is 65.6 Å². The molecule has 20 N–H and O–H groups in total. The molecule has 2 rings (SSSR count). The standard InChI is InChI=1S/C48H75N13O16/c1-3-26(2)39(51)47(75)56-31(15-16-37(64)65)42(70)61-35(23-62)45(73)55-29(13-7-9-17-49)40(68)57-32(20-28-22-52-25-53-28)43(71)54-30(14-8-10-18-50)41(69)60-36(24-63)46(74)58-33(21-38(66)67)44(72)59-34(48(76)77)19-27-11-5-4-6-12-27/h4-6,11-12,22,25-26,29-36,39,62-63H,3,7-10,13-21,23-24,49-51H2,1-2H3,(H,52,53)(H,54,71)(H,55,73)(H,56,75)(H,57,68)(H,58,74)(H,59,72)(H,60,69)(H,61,70)(H,64,65)(H,66,67)(H,76,77)/t26-,29-,30-,31-,32-,33-,34-,35-,36-,39-/m0/s1. The average Bonchev–Trinajstić information content (AvgIpc) is 3.91. The van der Waals surface area contributed by atoms with Gasteiger partial charge in [-0.05, 0) is 69.5 Å². The molecule has 428 valence electrons. The van der Waals surface area contributed by atoms with Gasteiger partial charge in [-0.2, -0.15) is 0 Å². The highest BCUT2D eigenvalue weighted by Gasteiger charge is 2.36. The maximum atomic E-state index is 14.2. The largest absolute Gasteiger partial charge is 0.481 e. The summed E-state index contributed by atoms with van der Waals surface area (Å²) in [5, 5.41) is 68.0. The van der Waals surface area contributed by atoms with Crippen molar-refractivity contribution in [2.75, 3.05) is 26.3 Å². The first-order valence-electron chi connectivity index (χ1n) is 25.1. The second-order valence-electron chi connectivity index (χ2n) is 18.2. The molecular formula is C48H75N13O16. The number of amides is 8. The van der Waals surface area contributed by atoms with Gasteiger partial charge in [0.15, 0.2) is 0 Å². The summed E-state index contributed by atoms with van der Waals surface area (Å²) < 4.78 is 0. The molecule has 1 aromatic carbocycles. The van der Waals surface area contributed by atoms with Crippen LogP contribution >= 0.6 is 0 Å². The molecule has 77 heavy (non-hydrogen) atoms. The van der Waals surface area contributed by atoms with Crippen molar-refractivity contribution in [1.82, 2.24) is 52.5 Å². The molecule has 8 amide bonds. The molecule has 0 aliphatic heterocycles. The topological polar surface area (TPSA) is 492 Å². The highest BCUT2D eigenvalue weighted by Crippen LogP contribution is 2.11. The Hall–Kier alpha value is -7.60. The average molecular weight is 1090 g/mol. The van der Waals surface area contributed by atoms with Crippen molar-refractivity contribution in [2.45, 2.75) is 145 Å². The molecule has 29 nitrogen and oxygen atoms in total. The summed E-state index contributed by atoms with van der Waals surface area (Å²) in [7, 11) is 0. The number of carboxylic acid groups (broad SMARTS) is 3. The summed E-state index contributed by atoms with van der Waals surface area (Å²) in [6.07, 6.45) is 1.55. The van der Waals surface area contributed by atoms with Gasteiger partial charge in [0.2, 0.25) is 47.3 Å². The van der Waals surface area contributed by atoms with Crippen LogP contribution in [0.15, 0.2) is 42.9 Å². The molecule has 29 heteroatoms. The molecule has 0 aliphatic carbocycles. The zero-order chi connectivity index (χ0) is 57.6. The van der Waals surface area contributed by atoms with Gasteiger partial charge >= 0.3 is 17.9 Å². The van der Waals surface area contributed by atoms with E-state index in [1.165, 1.54) is 12.5 Å². The number of aromatic nitrogens is 2. The third-order valence-electron chi connectivity index (χ3n) is 12.2. The number of aliphatic hydroxyl groups is 2. The quantitative estimate of drug-likeness (QED) is 0.0280. The molecule has 0 spiro atoms. The Bertz CT molecular complexity index is 2260. The summed E-state index contributed by atoms with van der Waals surface area (Å²) in [5.41, 5.74) is 18.2. The maximum Gasteiger partial charge on any atom is 0.326 e. The third-order valence-corrected chi connectivity index (χ3v) is 12.2. The van der Waals surface area contributed by atoms with E-state index in [0.29, 0.717) is 30.5 Å². The van der Waals surface area contributed by atoms with E-state index in [2.05, 4.69) is 52.5 Å². The first-order chi connectivity index (χ1) is 36.6.